The van der Waals surface area contributed by atoms with Crippen molar-refractivity contribution in [3.63, 3.8) is 0 Å². The van der Waals surface area contributed by atoms with E-state index in [0.29, 0.717) is 23.1 Å². The Morgan fingerprint density at radius 2 is 2.29 bits per heavy atom. The van der Waals surface area contributed by atoms with Gasteiger partial charge in [-0.1, -0.05) is 23.1 Å². The fourth-order valence-corrected chi connectivity index (χ4v) is 4.09. The van der Waals surface area contributed by atoms with Crippen LogP contribution in [0.1, 0.15) is 45.5 Å². The van der Waals surface area contributed by atoms with Crippen molar-refractivity contribution in [1.82, 2.24) is 24.7 Å². The molecule has 1 amide bonds. The van der Waals surface area contributed by atoms with E-state index in [1.165, 1.54) is 23.1 Å². The molecule has 0 bridgehead atoms. The molecule has 3 heterocycles. The fourth-order valence-electron chi connectivity index (χ4n) is 2.55. The molecule has 2 aromatic rings. The second-order valence-electron chi connectivity index (χ2n) is 6.40. The fraction of sp³-hybridized carbons (Fsp3) is 0.643. The molecule has 1 saturated heterocycles. The highest BCUT2D eigenvalue weighted by Crippen LogP contribution is 2.34. The molecule has 1 aliphatic rings. The maximum atomic E-state index is 12.4. The van der Waals surface area contributed by atoms with Crippen LogP contribution in [-0.4, -0.2) is 48.7 Å². The van der Waals surface area contributed by atoms with Crippen LogP contribution in [0.15, 0.2) is 4.34 Å². The molecule has 10 heteroatoms. The molecule has 1 unspecified atom stereocenters. The zero-order valence-electron chi connectivity index (χ0n) is 13.7. The van der Waals surface area contributed by atoms with Crippen molar-refractivity contribution >= 4 is 34.2 Å². The Balaban J connectivity index is 1.84. The molecule has 128 valence electrons. The Bertz CT molecular complexity index is 787. The van der Waals surface area contributed by atoms with Crippen molar-refractivity contribution < 1.29 is 9.53 Å². The summed E-state index contributed by atoms with van der Waals surface area (Å²) in [5.41, 5.74) is -0.536. The summed E-state index contributed by atoms with van der Waals surface area (Å²) >= 11 is 2.76. The molecule has 0 spiro atoms. The number of likely N-dealkylation sites (tertiary alicyclic amines) is 1. The maximum absolute atomic E-state index is 12.4. The van der Waals surface area contributed by atoms with Gasteiger partial charge in [0.25, 0.3) is 0 Å². The summed E-state index contributed by atoms with van der Waals surface area (Å²) in [6, 6.07) is 1.89. The largest absolute Gasteiger partial charge is 0.444 e. The molecule has 3 rings (SSSR count). The Hall–Kier alpha value is -1.86. The van der Waals surface area contributed by atoms with Gasteiger partial charge < -0.3 is 4.74 Å². The molecule has 0 N–H and O–H groups in total. The minimum absolute atomic E-state index is 0.189. The molecule has 0 aliphatic carbocycles. The van der Waals surface area contributed by atoms with Crippen LogP contribution in [-0.2, 0) is 4.74 Å². The predicted octanol–water partition coefficient (Wildman–Crippen LogP) is 2.87. The number of carbonyl (C=O) groups excluding carboxylic acids is 1. The lowest BCUT2D eigenvalue weighted by atomic mass is 10.2. The number of nitriles is 1. The monoisotopic (exact) mass is 366 g/mol. The van der Waals surface area contributed by atoms with Crippen LogP contribution in [0, 0.1) is 11.3 Å². The van der Waals surface area contributed by atoms with Crippen LogP contribution >= 0.6 is 23.1 Å². The number of aromatic nitrogens is 4. The van der Waals surface area contributed by atoms with Crippen LogP contribution < -0.4 is 0 Å². The van der Waals surface area contributed by atoms with E-state index in [2.05, 4.69) is 21.4 Å². The summed E-state index contributed by atoms with van der Waals surface area (Å²) < 4.78 is 7.94. The quantitative estimate of drug-likeness (QED) is 0.771. The van der Waals surface area contributed by atoms with Crippen molar-refractivity contribution in [2.45, 2.75) is 49.6 Å². The standard InChI is InChI=1S/C14H18N6O2S2/c1-14(2,3)22-13(21)19-7-4-5-9(19)10-16-17-11-20(10)18-12(24-11)23-8-6-15/h9H,4-5,7-8H2,1-3H3. The average molecular weight is 366 g/mol. The van der Waals surface area contributed by atoms with E-state index in [-0.39, 0.29) is 12.1 Å². The van der Waals surface area contributed by atoms with Crippen molar-refractivity contribution in [3.05, 3.63) is 5.82 Å². The van der Waals surface area contributed by atoms with Crippen LogP contribution in [0.3, 0.4) is 0 Å². The third-order valence-corrected chi connectivity index (χ3v) is 5.33. The van der Waals surface area contributed by atoms with Crippen molar-refractivity contribution in [2.75, 3.05) is 12.3 Å². The molecule has 2 aromatic heterocycles. The minimum Gasteiger partial charge on any atom is -0.444 e. The number of amides is 1. The Morgan fingerprint density at radius 3 is 3.00 bits per heavy atom. The van der Waals surface area contributed by atoms with E-state index in [1.54, 1.807) is 9.42 Å². The smallest absolute Gasteiger partial charge is 0.410 e. The summed E-state index contributed by atoms with van der Waals surface area (Å²) in [7, 11) is 0. The highest BCUT2D eigenvalue weighted by Gasteiger charge is 2.36. The van der Waals surface area contributed by atoms with Gasteiger partial charge in [-0.25, -0.2) is 4.79 Å². The Labute approximate surface area is 147 Å². The van der Waals surface area contributed by atoms with Crippen molar-refractivity contribution in [2.24, 2.45) is 0 Å². The molecular formula is C14H18N6O2S2. The van der Waals surface area contributed by atoms with E-state index < -0.39 is 5.60 Å². The SMILES string of the molecule is CC(C)(C)OC(=O)N1CCCC1c1nnc2sc(SCC#N)nn12. The summed E-state index contributed by atoms with van der Waals surface area (Å²) in [5, 5.41) is 21.5. The summed E-state index contributed by atoms with van der Waals surface area (Å²) in [6.45, 7) is 6.19. The van der Waals surface area contributed by atoms with Gasteiger partial charge in [0.2, 0.25) is 4.96 Å². The van der Waals surface area contributed by atoms with Gasteiger partial charge in [0.15, 0.2) is 10.2 Å². The Morgan fingerprint density at radius 1 is 1.50 bits per heavy atom. The predicted molar refractivity (Wildman–Crippen MR) is 89.9 cm³/mol. The van der Waals surface area contributed by atoms with Crippen LogP contribution in [0.5, 0.6) is 0 Å². The van der Waals surface area contributed by atoms with E-state index >= 15 is 0 Å². The first kappa shape index (κ1) is 17.0. The summed E-state index contributed by atoms with van der Waals surface area (Å²) in [5.74, 6) is 0.987. The second-order valence-corrected chi connectivity index (χ2v) is 8.58. The van der Waals surface area contributed by atoms with Gasteiger partial charge in [-0.3, -0.25) is 4.90 Å². The van der Waals surface area contributed by atoms with Gasteiger partial charge in [0.1, 0.15) is 5.60 Å². The number of rotatable bonds is 3. The van der Waals surface area contributed by atoms with Gasteiger partial charge in [-0.15, -0.1) is 15.3 Å². The number of carbonyl (C=O) groups is 1. The first-order chi connectivity index (χ1) is 11.4. The molecule has 8 nitrogen and oxygen atoms in total. The number of ether oxygens (including phenoxy) is 1. The topological polar surface area (TPSA) is 96.4 Å². The highest BCUT2D eigenvalue weighted by molar-refractivity contribution is 8.01. The molecule has 24 heavy (non-hydrogen) atoms. The molecule has 1 fully saturated rings. The second kappa shape index (κ2) is 6.57. The number of hydrogen-bond acceptors (Lipinski definition) is 8. The highest BCUT2D eigenvalue weighted by atomic mass is 32.2. The summed E-state index contributed by atoms with van der Waals surface area (Å²) in [4.78, 5) is 14.8. The third kappa shape index (κ3) is 3.47. The molecule has 1 atom stereocenters. The van der Waals surface area contributed by atoms with Crippen LogP contribution in [0.2, 0.25) is 0 Å². The van der Waals surface area contributed by atoms with Gasteiger partial charge in [0.05, 0.1) is 17.9 Å². The van der Waals surface area contributed by atoms with Gasteiger partial charge >= 0.3 is 6.09 Å². The summed E-state index contributed by atoms with van der Waals surface area (Å²) in [6.07, 6.45) is 1.35. The van der Waals surface area contributed by atoms with E-state index in [9.17, 15) is 4.79 Å². The van der Waals surface area contributed by atoms with E-state index in [4.69, 9.17) is 10.00 Å². The zero-order chi connectivity index (χ0) is 17.3. The first-order valence-electron chi connectivity index (χ1n) is 7.60. The lowest BCUT2D eigenvalue weighted by molar-refractivity contribution is 0.0217. The molecular weight excluding hydrogens is 348 g/mol. The number of nitrogens with zero attached hydrogens (tertiary/aromatic N) is 6. The zero-order valence-corrected chi connectivity index (χ0v) is 15.4. The van der Waals surface area contributed by atoms with Crippen LogP contribution in [0.4, 0.5) is 4.79 Å². The number of hydrogen-bond donors (Lipinski definition) is 0. The van der Waals surface area contributed by atoms with Gasteiger partial charge in [-0.2, -0.15) is 9.78 Å². The molecule has 0 radical (unpaired) electrons. The van der Waals surface area contributed by atoms with Crippen molar-refractivity contribution in [3.8, 4) is 6.07 Å². The first-order valence-corrected chi connectivity index (χ1v) is 9.41. The molecule has 0 saturated carbocycles. The molecule has 1 aliphatic heterocycles. The van der Waals surface area contributed by atoms with Gasteiger partial charge in [0, 0.05) is 6.54 Å². The Kier molecular flexibility index (Phi) is 4.64. The van der Waals surface area contributed by atoms with E-state index in [1.807, 2.05) is 20.8 Å². The van der Waals surface area contributed by atoms with Crippen molar-refractivity contribution in [1.29, 1.82) is 5.26 Å². The third-order valence-electron chi connectivity index (χ3n) is 3.44. The number of fused-ring (bicyclic) bond motifs is 1. The van der Waals surface area contributed by atoms with Gasteiger partial charge in [-0.05, 0) is 33.6 Å². The number of thioether (sulfide) groups is 1. The lowest BCUT2D eigenvalue weighted by Gasteiger charge is -2.27. The normalized spacial score (nSPS) is 18.1. The minimum atomic E-state index is -0.536. The molecule has 0 aromatic carbocycles. The maximum Gasteiger partial charge on any atom is 0.410 e. The van der Waals surface area contributed by atoms with E-state index in [0.717, 1.165) is 17.2 Å². The van der Waals surface area contributed by atoms with Crippen LogP contribution in [0.25, 0.3) is 4.96 Å². The average Bonchev–Trinajstić information content (AvgIpc) is 3.17. The lowest BCUT2D eigenvalue weighted by Crippen LogP contribution is -2.37.